The molecule has 0 aliphatic rings. The highest BCUT2D eigenvalue weighted by Crippen LogP contribution is 2.28. The normalized spacial score (nSPS) is 11.0. The Morgan fingerprint density at radius 3 is 2.66 bits per heavy atom. The van der Waals surface area contributed by atoms with E-state index in [-0.39, 0.29) is 17.7 Å². The molecular weight excluding hydrogens is 389 g/mol. The highest BCUT2D eigenvalue weighted by Gasteiger charge is 2.23. The molecule has 1 amide bonds. The lowest BCUT2D eigenvalue weighted by Gasteiger charge is -2.25. The topological polar surface area (TPSA) is 55.3 Å². The lowest BCUT2D eigenvalue weighted by molar-refractivity contribution is 0.204. The zero-order chi connectivity index (χ0) is 20.4. The van der Waals surface area contributed by atoms with E-state index in [0.29, 0.717) is 10.7 Å². The number of anilines is 1. The van der Waals surface area contributed by atoms with E-state index < -0.39 is 6.09 Å². The predicted molar refractivity (Wildman–Crippen MR) is 113 cm³/mol. The van der Waals surface area contributed by atoms with Crippen molar-refractivity contribution >= 4 is 34.0 Å². The zero-order valence-electron chi connectivity index (χ0n) is 15.9. The molecule has 0 saturated carbocycles. The number of fused-ring (bicyclic) bond motifs is 1. The summed E-state index contributed by atoms with van der Waals surface area (Å²) < 4.78 is 18.6. The van der Waals surface area contributed by atoms with Crippen LogP contribution in [0.2, 0.25) is 0 Å². The minimum atomic E-state index is -0.534. The van der Waals surface area contributed by atoms with Gasteiger partial charge in [0.15, 0.2) is 0 Å². The molecule has 7 heteroatoms. The Morgan fingerprint density at radius 1 is 1.14 bits per heavy atom. The number of carbonyl (C=O) groups excluding carboxylic acids is 1. The molecule has 0 aliphatic heterocycles. The molecule has 0 spiro atoms. The summed E-state index contributed by atoms with van der Waals surface area (Å²) in [5.41, 5.74) is 2.27. The fourth-order valence-corrected chi connectivity index (χ4v) is 3.70. The third-order valence-electron chi connectivity index (χ3n) is 4.33. The molecule has 0 radical (unpaired) electrons. The maximum atomic E-state index is 13.1. The number of hydrogen-bond acceptors (Lipinski definition) is 5. The Kier molecular flexibility index (Phi) is 5.22. The van der Waals surface area contributed by atoms with Crippen molar-refractivity contribution in [2.45, 2.75) is 19.9 Å². The summed E-state index contributed by atoms with van der Waals surface area (Å²) in [6.07, 6.45) is 1.13. The average molecular weight is 407 g/mol. The molecular formula is C22H18FN3O2S. The average Bonchev–Trinajstić information content (AvgIpc) is 3.16. The number of halogens is 1. The van der Waals surface area contributed by atoms with Crippen LogP contribution in [0.1, 0.15) is 13.8 Å². The molecule has 4 aromatic rings. The SMILES string of the molecule is CC(C)N(C(=O)Oc1csc(-c2ccc(F)cc2)n1)c1cnc2ccccc2c1. The number of nitrogens with zero attached hydrogens (tertiary/aromatic N) is 3. The summed E-state index contributed by atoms with van der Waals surface area (Å²) in [7, 11) is 0. The van der Waals surface area contributed by atoms with Gasteiger partial charge in [0.1, 0.15) is 10.8 Å². The van der Waals surface area contributed by atoms with Gasteiger partial charge in [0.2, 0.25) is 5.88 Å². The van der Waals surface area contributed by atoms with E-state index in [1.165, 1.54) is 28.4 Å². The molecule has 2 aromatic carbocycles. The van der Waals surface area contributed by atoms with Crippen molar-refractivity contribution < 1.29 is 13.9 Å². The van der Waals surface area contributed by atoms with Crippen LogP contribution >= 0.6 is 11.3 Å². The first-order valence-corrected chi connectivity index (χ1v) is 9.96. The van der Waals surface area contributed by atoms with Gasteiger partial charge in [-0.1, -0.05) is 18.2 Å². The van der Waals surface area contributed by atoms with Crippen molar-refractivity contribution in [3.05, 3.63) is 72.0 Å². The number of pyridine rings is 1. The molecule has 0 fully saturated rings. The van der Waals surface area contributed by atoms with Crippen LogP contribution in [0.3, 0.4) is 0 Å². The fourth-order valence-electron chi connectivity index (χ4n) is 2.98. The molecule has 2 aromatic heterocycles. The molecule has 5 nitrogen and oxygen atoms in total. The number of ether oxygens (including phenoxy) is 1. The smallest absolute Gasteiger partial charge is 0.390 e. The van der Waals surface area contributed by atoms with Crippen LogP contribution < -0.4 is 9.64 Å². The minimum absolute atomic E-state index is 0.138. The summed E-state index contributed by atoms with van der Waals surface area (Å²) in [6.45, 7) is 3.81. The van der Waals surface area contributed by atoms with E-state index in [2.05, 4.69) is 9.97 Å². The molecule has 0 aliphatic carbocycles. The second kappa shape index (κ2) is 7.97. The van der Waals surface area contributed by atoms with Crippen molar-refractivity contribution in [3.63, 3.8) is 0 Å². The van der Waals surface area contributed by atoms with Gasteiger partial charge in [0.05, 0.1) is 22.8 Å². The Hall–Kier alpha value is -3.32. The maximum absolute atomic E-state index is 13.1. The summed E-state index contributed by atoms with van der Waals surface area (Å²) in [6, 6.07) is 15.5. The highest BCUT2D eigenvalue weighted by atomic mass is 32.1. The summed E-state index contributed by atoms with van der Waals surface area (Å²) in [5.74, 6) is -0.104. The van der Waals surface area contributed by atoms with Crippen LogP contribution in [-0.4, -0.2) is 22.1 Å². The van der Waals surface area contributed by atoms with Crippen LogP contribution in [0.15, 0.2) is 66.2 Å². The Morgan fingerprint density at radius 2 is 1.90 bits per heavy atom. The molecule has 0 N–H and O–H groups in total. The van der Waals surface area contributed by atoms with E-state index in [9.17, 15) is 9.18 Å². The van der Waals surface area contributed by atoms with Crippen molar-refractivity contribution in [3.8, 4) is 16.5 Å². The Balaban J connectivity index is 1.57. The standard InChI is InChI=1S/C22H18FN3O2S/c1-14(2)26(18-11-16-5-3-4-6-19(16)24-12-18)22(27)28-20-13-29-21(25-20)15-7-9-17(23)10-8-15/h3-14H,1-2H3. The third-order valence-corrected chi connectivity index (χ3v) is 5.20. The first-order valence-electron chi connectivity index (χ1n) is 9.08. The first kappa shape index (κ1) is 19.0. The van der Waals surface area contributed by atoms with Gasteiger partial charge in [0, 0.05) is 17.0 Å². The Bertz CT molecular complexity index is 1160. The second-order valence-corrected chi connectivity index (χ2v) is 7.57. The van der Waals surface area contributed by atoms with Gasteiger partial charge in [-0.05, 0) is 50.2 Å². The number of aromatic nitrogens is 2. The molecule has 0 saturated heterocycles. The van der Waals surface area contributed by atoms with Crippen LogP contribution in [0.4, 0.5) is 14.9 Å². The third kappa shape index (κ3) is 4.09. The van der Waals surface area contributed by atoms with Gasteiger partial charge in [-0.25, -0.2) is 14.2 Å². The lowest BCUT2D eigenvalue weighted by atomic mass is 10.2. The lowest BCUT2D eigenvalue weighted by Crippen LogP contribution is -2.39. The maximum Gasteiger partial charge on any atom is 0.421 e. The largest absolute Gasteiger partial charge is 0.421 e. The highest BCUT2D eigenvalue weighted by molar-refractivity contribution is 7.13. The number of rotatable bonds is 4. The molecule has 0 atom stereocenters. The number of amides is 1. The first-order chi connectivity index (χ1) is 14.0. The molecule has 29 heavy (non-hydrogen) atoms. The molecule has 0 bridgehead atoms. The Labute approximate surface area is 171 Å². The van der Waals surface area contributed by atoms with Crippen LogP contribution in [0, 0.1) is 5.82 Å². The van der Waals surface area contributed by atoms with Crippen molar-refractivity contribution in [2.75, 3.05) is 4.90 Å². The number of benzene rings is 2. The molecule has 2 heterocycles. The van der Waals surface area contributed by atoms with Crippen LogP contribution in [-0.2, 0) is 0 Å². The van der Waals surface area contributed by atoms with Crippen molar-refractivity contribution in [2.24, 2.45) is 0 Å². The quantitative estimate of drug-likeness (QED) is 0.422. The van der Waals surface area contributed by atoms with Crippen molar-refractivity contribution in [1.29, 1.82) is 0 Å². The molecule has 146 valence electrons. The summed E-state index contributed by atoms with van der Waals surface area (Å²) in [4.78, 5) is 23.2. The van der Waals surface area contributed by atoms with E-state index in [1.807, 2.05) is 44.2 Å². The van der Waals surface area contributed by atoms with Gasteiger partial charge in [-0.2, -0.15) is 0 Å². The second-order valence-electron chi connectivity index (χ2n) is 6.72. The number of para-hydroxylation sites is 1. The van der Waals surface area contributed by atoms with E-state index in [0.717, 1.165) is 16.5 Å². The van der Waals surface area contributed by atoms with Gasteiger partial charge in [-0.3, -0.25) is 9.88 Å². The van der Waals surface area contributed by atoms with Gasteiger partial charge < -0.3 is 4.74 Å². The van der Waals surface area contributed by atoms with Gasteiger partial charge in [-0.15, -0.1) is 11.3 Å². The van der Waals surface area contributed by atoms with Gasteiger partial charge in [0.25, 0.3) is 0 Å². The van der Waals surface area contributed by atoms with E-state index >= 15 is 0 Å². The number of carbonyl (C=O) groups is 1. The van der Waals surface area contributed by atoms with Gasteiger partial charge >= 0.3 is 6.09 Å². The van der Waals surface area contributed by atoms with Crippen molar-refractivity contribution in [1.82, 2.24) is 9.97 Å². The molecule has 0 unspecified atom stereocenters. The number of hydrogen-bond donors (Lipinski definition) is 0. The molecule has 4 rings (SSSR count). The van der Waals surface area contributed by atoms with E-state index in [1.54, 1.807) is 23.7 Å². The summed E-state index contributed by atoms with van der Waals surface area (Å²) >= 11 is 1.33. The predicted octanol–water partition coefficient (Wildman–Crippen LogP) is 5.91. The monoisotopic (exact) mass is 407 g/mol. The fraction of sp³-hybridized carbons (Fsp3) is 0.136. The minimum Gasteiger partial charge on any atom is -0.390 e. The van der Waals surface area contributed by atoms with Crippen LogP contribution in [0.5, 0.6) is 5.88 Å². The van der Waals surface area contributed by atoms with Crippen LogP contribution in [0.25, 0.3) is 21.5 Å². The number of thiazole rings is 1. The van der Waals surface area contributed by atoms with E-state index in [4.69, 9.17) is 4.74 Å². The zero-order valence-corrected chi connectivity index (χ0v) is 16.7. The summed E-state index contributed by atoms with van der Waals surface area (Å²) in [5, 5.41) is 3.25.